The number of nitrogens with zero attached hydrogens (tertiary/aromatic N) is 4. The van der Waals surface area contributed by atoms with Crippen LogP contribution in [0.4, 0.5) is 0 Å². The first-order valence-corrected chi connectivity index (χ1v) is 20.3. The minimum Gasteiger partial charge on any atom is -0.256 e. The van der Waals surface area contributed by atoms with Gasteiger partial charge in [-0.25, -0.2) is 15.0 Å². The highest BCUT2D eigenvalue weighted by Crippen LogP contribution is 2.40. The first kappa shape index (κ1) is 34.0. The van der Waals surface area contributed by atoms with E-state index in [1.165, 1.54) is 43.1 Å². The van der Waals surface area contributed by atoms with E-state index in [2.05, 4.69) is 181 Å². The maximum atomic E-state index is 5.31. The Labute approximate surface area is 346 Å². The van der Waals surface area contributed by atoms with Crippen LogP contribution >= 0.6 is 0 Å². The molecule has 2 aromatic heterocycles. The molecule has 4 nitrogen and oxygen atoms in total. The topological polar surface area (TPSA) is 51.6 Å². The number of benzene rings is 10. The second kappa shape index (κ2) is 13.8. The number of hydrogen-bond donors (Lipinski definition) is 0. The Bertz CT molecular complexity index is 3530. The highest BCUT2D eigenvalue weighted by molar-refractivity contribution is 6.08. The van der Waals surface area contributed by atoms with E-state index in [4.69, 9.17) is 15.0 Å². The van der Waals surface area contributed by atoms with Gasteiger partial charge in [0.05, 0.1) is 5.52 Å². The smallest absolute Gasteiger partial charge is 0.164 e. The van der Waals surface area contributed by atoms with Gasteiger partial charge in [0.25, 0.3) is 0 Å². The van der Waals surface area contributed by atoms with Crippen molar-refractivity contribution in [2.24, 2.45) is 0 Å². The van der Waals surface area contributed by atoms with Crippen molar-refractivity contribution >= 4 is 64.8 Å². The van der Waals surface area contributed by atoms with Crippen molar-refractivity contribution in [2.45, 2.75) is 0 Å². The fourth-order valence-electron chi connectivity index (χ4n) is 8.81. The van der Waals surface area contributed by atoms with Gasteiger partial charge in [-0.3, -0.25) is 4.98 Å². The summed E-state index contributed by atoms with van der Waals surface area (Å²) in [4.78, 5) is 20.3. The first-order chi connectivity index (χ1) is 29.7. The van der Waals surface area contributed by atoms with Crippen LogP contribution in [0.5, 0.6) is 0 Å². The summed E-state index contributed by atoms with van der Waals surface area (Å²) in [5, 5.41) is 13.0. The molecule has 0 spiro atoms. The van der Waals surface area contributed by atoms with Gasteiger partial charge in [-0.1, -0.05) is 133 Å². The summed E-state index contributed by atoms with van der Waals surface area (Å²) in [6, 6.07) is 71.5. The van der Waals surface area contributed by atoms with Gasteiger partial charge in [0, 0.05) is 28.3 Å². The number of fused-ring (bicyclic) bond motifs is 6. The van der Waals surface area contributed by atoms with E-state index < -0.39 is 0 Å². The lowest BCUT2D eigenvalue weighted by Crippen LogP contribution is -2.01. The van der Waals surface area contributed by atoms with Gasteiger partial charge in [0.1, 0.15) is 0 Å². The van der Waals surface area contributed by atoms with E-state index in [0.717, 1.165) is 60.6 Å². The minimum atomic E-state index is 0.612. The van der Waals surface area contributed by atoms with Gasteiger partial charge in [0.2, 0.25) is 0 Å². The fourth-order valence-corrected chi connectivity index (χ4v) is 8.81. The number of pyridine rings is 1. The Morgan fingerprint density at radius 3 is 1.37 bits per heavy atom. The van der Waals surface area contributed by atoms with Crippen LogP contribution in [0, 0.1) is 0 Å². The summed E-state index contributed by atoms with van der Waals surface area (Å²) in [7, 11) is 0. The second-order valence-corrected chi connectivity index (χ2v) is 15.5. The highest BCUT2D eigenvalue weighted by atomic mass is 15.0. The van der Waals surface area contributed by atoms with Crippen molar-refractivity contribution in [3.05, 3.63) is 206 Å². The third-order valence-corrected chi connectivity index (χ3v) is 11.8. The Kier molecular flexibility index (Phi) is 7.82. The minimum absolute atomic E-state index is 0.612. The maximum Gasteiger partial charge on any atom is 0.164 e. The van der Waals surface area contributed by atoms with E-state index in [1.54, 1.807) is 0 Å². The highest BCUT2D eigenvalue weighted by Gasteiger charge is 2.17. The predicted octanol–water partition coefficient (Wildman–Crippen LogP) is 14.5. The summed E-state index contributed by atoms with van der Waals surface area (Å²) in [5.41, 5.74) is 8.23. The van der Waals surface area contributed by atoms with Crippen molar-refractivity contribution in [2.75, 3.05) is 0 Å². The molecule has 0 atom stereocenters. The van der Waals surface area contributed by atoms with Crippen LogP contribution in [0.15, 0.2) is 206 Å². The standard InChI is InChI=1S/C56H34N4/c1-2-11-35(12-3-1)54-58-55(44-23-22-40-34-53-43(19-10-24-57-53)27-45(40)28-44)60-56(59-54)48-30-46(49-20-8-17-41-25-36-13-4-6-15-38(36)32-51(41)49)29-47(31-48)50-21-9-18-42-26-37-14-5-7-16-39(37)33-52(42)50/h1-34H. The Morgan fingerprint density at radius 2 is 0.733 bits per heavy atom. The summed E-state index contributed by atoms with van der Waals surface area (Å²) in [5.74, 6) is 1.85. The zero-order valence-corrected chi connectivity index (χ0v) is 32.4. The third kappa shape index (κ3) is 5.93. The van der Waals surface area contributed by atoms with Crippen LogP contribution in [0.25, 0.3) is 121 Å². The van der Waals surface area contributed by atoms with Gasteiger partial charge < -0.3 is 0 Å². The first-order valence-electron chi connectivity index (χ1n) is 20.3. The molecule has 278 valence electrons. The number of hydrogen-bond acceptors (Lipinski definition) is 4. The molecule has 0 saturated carbocycles. The molecule has 0 N–H and O–H groups in total. The molecule has 0 aliphatic heterocycles. The van der Waals surface area contributed by atoms with E-state index in [0.29, 0.717) is 17.5 Å². The lowest BCUT2D eigenvalue weighted by molar-refractivity contribution is 1.07. The summed E-state index contributed by atoms with van der Waals surface area (Å²) in [6.45, 7) is 0. The average molecular weight is 763 g/mol. The average Bonchev–Trinajstić information content (AvgIpc) is 3.31. The fraction of sp³-hybridized carbons (Fsp3) is 0. The molecule has 0 aliphatic carbocycles. The summed E-state index contributed by atoms with van der Waals surface area (Å²) >= 11 is 0. The molecular formula is C56H34N4. The van der Waals surface area contributed by atoms with Crippen molar-refractivity contribution in [1.82, 2.24) is 19.9 Å². The van der Waals surface area contributed by atoms with Gasteiger partial charge in [0.15, 0.2) is 17.5 Å². The van der Waals surface area contributed by atoms with Crippen LogP contribution in [0.2, 0.25) is 0 Å². The summed E-state index contributed by atoms with van der Waals surface area (Å²) in [6.07, 6.45) is 1.84. The molecule has 0 aliphatic rings. The lowest BCUT2D eigenvalue weighted by atomic mass is 9.90. The van der Waals surface area contributed by atoms with E-state index in [9.17, 15) is 0 Å². The molecule has 0 bridgehead atoms. The Balaban J connectivity index is 1.11. The second-order valence-electron chi connectivity index (χ2n) is 15.5. The van der Waals surface area contributed by atoms with Crippen LogP contribution in [0.3, 0.4) is 0 Å². The van der Waals surface area contributed by atoms with Crippen molar-refractivity contribution < 1.29 is 0 Å². The molecule has 0 saturated heterocycles. The van der Waals surface area contributed by atoms with Gasteiger partial charge in [-0.05, 0) is 143 Å². The zero-order chi connectivity index (χ0) is 39.6. The molecule has 12 aromatic rings. The largest absolute Gasteiger partial charge is 0.256 e. The SMILES string of the molecule is c1ccc(-c2nc(-c3cc(-c4cccc5cc6ccccc6cc45)cc(-c4cccc5cc6ccccc6cc45)c3)nc(-c3ccc4cc5ncccc5cc4c3)n2)cc1. The van der Waals surface area contributed by atoms with E-state index in [-0.39, 0.29) is 0 Å². The molecule has 12 rings (SSSR count). The van der Waals surface area contributed by atoms with Gasteiger partial charge >= 0.3 is 0 Å². The number of rotatable bonds is 5. The molecule has 0 radical (unpaired) electrons. The molecule has 0 fully saturated rings. The van der Waals surface area contributed by atoms with Crippen molar-refractivity contribution in [1.29, 1.82) is 0 Å². The third-order valence-electron chi connectivity index (χ3n) is 11.8. The van der Waals surface area contributed by atoms with E-state index >= 15 is 0 Å². The van der Waals surface area contributed by atoms with Crippen LogP contribution in [-0.2, 0) is 0 Å². The molecule has 4 heteroatoms. The predicted molar refractivity (Wildman–Crippen MR) is 250 cm³/mol. The lowest BCUT2D eigenvalue weighted by Gasteiger charge is -2.15. The van der Waals surface area contributed by atoms with Crippen LogP contribution in [0.1, 0.15) is 0 Å². The normalized spacial score (nSPS) is 11.7. The van der Waals surface area contributed by atoms with Crippen LogP contribution < -0.4 is 0 Å². The summed E-state index contributed by atoms with van der Waals surface area (Å²) < 4.78 is 0. The Hall–Kier alpha value is -8.08. The molecule has 10 aromatic carbocycles. The van der Waals surface area contributed by atoms with Gasteiger partial charge in [-0.15, -0.1) is 0 Å². The van der Waals surface area contributed by atoms with Gasteiger partial charge in [-0.2, -0.15) is 0 Å². The quantitative estimate of drug-likeness (QED) is 0.164. The van der Waals surface area contributed by atoms with E-state index in [1.807, 2.05) is 30.5 Å². The van der Waals surface area contributed by atoms with Crippen molar-refractivity contribution in [3.63, 3.8) is 0 Å². The monoisotopic (exact) mass is 762 g/mol. The van der Waals surface area contributed by atoms with Crippen molar-refractivity contribution in [3.8, 4) is 56.4 Å². The number of aromatic nitrogens is 4. The molecular weight excluding hydrogens is 729 g/mol. The maximum absolute atomic E-state index is 5.31. The Morgan fingerprint density at radius 1 is 0.250 bits per heavy atom. The molecule has 0 amide bonds. The van der Waals surface area contributed by atoms with Crippen LogP contribution in [-0.4, -0.2) is 19.9 Å². The molecule has 60 heavy (non-hydrogen) atoms. The molecule has 2 heterocycles. The zero-order valence-electron chi connectivity index (χ0n) is 32.4. The molecule has 0 unspecified atom stereocenters.